The molecule has 70 valence electrons. The number of rotatable bonds is 2. The second-order valence-corrected chi connectivity index (χ2v) is 2.50. The highest BCUT2D eigenvalue weighted by atomic mass is 19.3. The molecule has 0 aliphatic rings. The normalized spacial score (nSPS) is 10.2. The van der Waals surface area contributed by atoms with Crippen LogP contribution in [-0.4, -0.2) is 12.5 Å². The predicted molar refractivity (Wildman–Crippen MR) is 45.6 cm³/mol. The number of hydrogen-bond donors (Lipinski definition) is 0. The Morgan fingerprint density at radius 1 is 1.31 bits per heavy atom. The minimum atomic E-state index is -2.79. The summed E-state index contributed by atoms with van der Waals surface area (Å²) in [6, 6.07) is 7.84. The van der Waals surface area contributed by atoms with Gasteiger partial charge in [-0.3, -0.25) is 9.69 Å². The molecule has 0 spiro atoms. The van der Waals surface area contributed by atoms with Crippen LogP contribution in [0.25, 0.3) is 0 Å². The Bertz CT molecular complexity index is 287. The Kier molecular flexibility index (Phi) is 2.95. The Morgan fingerprint density at radius 3 is 2.23 bits per heavy atom. The van der Waals surface area contributed by atoms with Crippen molar-refractivity contribution in [2.75, 3.05) is 4.90 Å². The van der Waals surface area contributed by atoms with Gasteiger partial charge in [0.15, 0.2) is 0 Å². The van der Waals surface area contributed by atoms with Crippen molar-refractivity contribution < 1.29 is 13.6 Å². The fraction of sp³-hybridized carbons (Fsp3) is 0.222. The molecule has 0 fully saturated rings. The summed E-state index contributed by atoms with van der Waals surface area (Å²) in [5, 5.41) is 0. The van der Waals surface area contributed by atoms with Crippen LogP contribution in [0.3, 0.4) is 0 Å². The van der Waals surface area contributed by atoms with Gasteiger partial charge in [0.05, 0.1) is 0 Å². The van der Waals surface area contributed by atoms with Gasteiger partial charge >= 0.3 is 6.55 Å². The van der Waals surface area contributed by atoms with Gasteiger partial charge in [0.25, 0.3) is 0 Å². The second-order valence-electron chi connectivity index (χ2n) is 2.50. The average Bonchev–Trinajstić information content (AvgIpc) is 2.04. The van der Waals surface area contributed by atoms with Crippen LogP contribution in [0.1, 0.15) is 6.92 Å². The number of anilines is 1. The van der Waals surface area contributed by atoms with Gasteiger partial charge in [0.2, 0.25) is 5.91 Å². The van der Waals surface area contributed by atoms with E-state index in [9.17, 15) is 13.6 Å². The smallest absolute Gasteiger partial charge is 0.275 e. The summed E-state index contributed by atoms with van der Waals surface area (Å²) < 4.78 is 24.7. The number of halogens is 2. The van der Waals surface area contributed by atoms with Gasteiger partial charge in [-0.2, -0.15) is 8.78 Å². The van der Waals surface area contributed by atoms with E-state index in [1.54, 1.807) is 18.2 Å². The van der Waals surface area contributed by atoms with Crippen LogP contribution >= 0.6 is 0 Å². The first kappa shape index (κ1) is 9.64. The molecule has 0 radical (unpaired) electrons. The fourth-order valence-electron chi connectivity index (χ4n) is 1.02. The van der Waals surface area contributed by atoms with E-state index in [-0.39, 0.29) is 5.69 Å². The Balaban J connectivity index is 2.96. The lowest BCUT2D eigenvalue weighted by atomic mass is 10.3. The van der Waals surface area contributed by atoms with Crippen molar-refractivity contribution in [3.63, 3.8) is 0 Å². The molecule has 0 heterocycles. The number of carbonyl (C=O) groups is 1. The average molecular weight is 185 g/mol. The van der Waals surface area contributed by atoms with Gasteiger partial charge in [-0.25, -0.2) is 0 Å². The summed E-state index contributed by atoms with van der Waals surface area (Å²) in [6.45, 7) is -1.68. The van der Waals surface area contributed by atoms with Crippen LogP contribution in [0.15, 0.2) is 30.3 Å². The van der Waals surface area contributed by atoms with Gasteiger partial charge < -0.3 is 0 Å². The quantitative estimate of drug-likeness (QED) is 0.647. The zero-order chi connectivity index (χ0) is 9.84. The summed E-state index contributed by atoms with van der Waals surface area (Å²) in [5.41, 5.74) is 0.213. The fourth-order valence-corrected chi connectivity index (χ4v) is 1.02. The molecule has 0 N–H and O–H groups in total. The van der Waals surface area contributed by atoms with E-state index in [0.29, 0.717) is 4.90 Å². The number of alkyl halides is 2. The molecule has 0 aliphatic heterocycles. The van der Waals surface area contributed by atoms with Crippen LogP contribution in [0, 0.1) is 0 Å². The molecule has 1 aromatic carbocycles. The van der Waals surface area contributed by atoms with E-state index < -0.39 is 12.5 Å². The lowest BCUT2D eigenvalue weighted by Gasteiger charge is -2.19. The number of carbonyl (C=O) groups excluding carboxylic acids is 1. The second kappa shape index (κ2) is 3.98. The third-order valence-corrected chi connectivity index (χ3v) is 1.57. The molecule has 0 saturated heterocycles. The minimum absolute atomic E-state index is 0.213. The highest BCUT2D eigenvalue weighted by Crippen LogP contribution is 2.17. The van der Waals surface area contributed by atoms with Crippen molar-refractivity contribution in [1.82, 2.24) is 0 Å². The molecule has 1 amide bonds. The molecule has 0 bridgehead atoms. The number of benzene rings is 1. The van der Waals surface area contributed by atoms with Crippen LogP contribution in [0.2, 0.25) is 0 Å². The van der Waals surface area contributed by atoms with Gasteiger partial charge in [-0.15, -0.1) is 0 Å². The lowest BCUT2D eigenvalue weighted by Crippen LogP contribution is -2.33. The van der Waals surface area contributed by atoms with Gasteiger partial charge in [-0.05, 0) is 12.1 Å². The Labute approximate surface area is 74.8 Å². The first-order valence-corrected chi connectivity index (χ1v) is 3.76. The number of nitrogens with zero attached hydrogens (tertiary/aromatic N) is 1. The van der Waals surface area contributed by atoms with Crippen molar-refractivity contribution in [2.24, 2.45) is 0 Å². The van der Waals surface area contributed by atoms with Crippen molar-refractivity contribution in [3.8, 4) is 0 Å². The first-order valence-electron chi connectivity index (χ1n) is 3.76. The standard InChI is InChI=1S/C9H9F2NO/c1-7(13)12(9(10)11)8-5-3-2-4-6-8/h2-6,9H,1H3. The van der Waals surface area contributed by atoms with Crippen LogP contribution in [0.5, 0.6) is 0 Å². The maximum Gasteiger partial charge on any atom is 0.321 e. The monoisotopic (exact) mass is 185 g/mol. The molecule has 1 rings (SSSR count). The number of hydrogen-bond acceptors (Lipinski definition) is 1. The number of para-hydroxylation sites is 1. The summed E-state index contributed by atoms with van der Waals surface area (Å²) in [5.74, 6) is -0.666. The maximum atomic E-state index is 12.3. The molecule has 4 heteroatoms. The van der Waals surface area contributed by atoms with E-state index in [0.717, 1.165) is 6.92 Å². The summed E-state index contributed by atoms with van der Waals surface area (Å²) in [4.78, 5) is 11.3. The molecule has 0 aliphatic carbocycles. The zero-order valence-corrected chi connectivity index (χ0v) is 7.08. The third-order valence-electron chi connectivity index (χ3n) is 1.57. The molecule has 1 aromatic rings. The van der Waals surface area contributed by atoms with Crippen LogP contribution in [-0.2, 0) is 4.79 Å². The molecule has 2 nitrogen and oxygen atoms in total. The Morgan fingerprint density at radius 2 is 1.85 bits per heavy atom. The zero-order valence-electron chi connectivity index (χ0n) is 7.08. The van der Waals surface area contributed by atoms with Gasteiger partial charge in [0, 0.05) is 12.6 Å². The molecule has 0 aromatic heterocycles. The van der Waals surface area contributed by atoms with Crippen molar-refractivity contribution in [1.29, 1.82) is 0 Å². The van der Waals surface area contributed by atoms with E-state index in [2.05, 4.69) is 0 Å². The largest absolute Gasteiger partial charge is 0.321 e. The van der Waals surface area contributed by atoms with Crippen molar-refractivity contribution in [2.45, 2.75) is 13.5 Å². The maximum absolute atomic E-state index is 12.3. The lowest BCUT2D eigenvalue weighted by molar-refractivity contribution is -0.119. The van der Waals surface area contributed by atoms with E-state index in [4.69, 9.17) is 0 Å². The highest BCUT2D eigenvalue weighted by molar-refractivity contribution is 5.91. The van der Waals surface area contributed by atoms with E-state index in [1.807, 2.05) is 0 Å². The van der Waals surface area contributed by atoms with Crippen molar-refractivity contribution >= 4 is 11.6 Å². The molecular formula is C9H9F2NO. The van der Waals surface area contributed by atoms with Crippen LogP contribution in [0.4, 0.5) is 14.5 Å². The van der Waals surface area contributed by atoms with Crippen molar-refractivity contribution in [3.05, 3.63) is 30.3 Å². The minimum Gasteiger partial charge on any atom is -0.275 e. The summed E-state index contributed by atoms with van der Waals surface area (Å²) in [6.07, 6.45) is 0. The third kappa shape index (κ3) is 2.24. The number of amides is 1. The molecule has 13 heavy (non-hydrogen) atoms. The van der Waals surface area contributed by atoms with Gasteiger partial charge in [-0.1, -0.05) is 18.2 Å². The molecular weight excluding hydrogens is 176 g/mol. The van der Waals surface area contributed by atoms with Crippen LogP contribution < -0.4 is 4.90 Å². The first-order chi connectivity index (χ1) is 6.13. The van der Waals surface area contributed by atoms with Gasteiger partial charge in [0.1, 0.15) is 0 Å². The summed E-state index contributed by atoms with van der Waals surface area (Å²) >= 11 is 0. The van der Waals surface area contributed by atoms with E-state index in [1.165, 1.54) is 12.1 Å². The summed E-state index contributed by atoms with van der Waals surface area (Å²) in [7, 11) is 0. The van der Waals surface area contributed by atoms with E-state index >= 15 is 0 Å². The molecule has 0 atom stereocenters. The SMILES string of the molecule is CC(=O)N(c1ccccc1)C(F)F. The molecule has 0 saturated carbocycles. The Hall–Kier alpha value is -1.45. The molecule has 0 unspecified atom stereocenters. The topological polar surface area (TPSA) is 20.3 Å². The predicted octanol–water partition coefficient (Wildman–Crippen LogP) is 2.26. The highest BCUT2D eigenvalue weighted by Gasteiger charge is 2.20.